The molecule has 2 heterocycles. The van der Waals surface area contributed by atoms with Crippen LogP contribution in [0.4, 0.5) is 0 Å². The van der Waals surface area contributed by atoms with Gasteiger partial charge in [-0.2, -0.15) is 0 Å². The molecule has 0 aromatic carbocycles. The van der Waals surface area contributed by atoms with Crippen LogP contribution in [-0.4, -0.2) is 29.7 Å². The van der Waals surface area contributed by atoms with E-state index in [9.17, 15) is 8.42 Å². The number of hydrogen-bond acceptors (Lipinski definition) is 3. The van der Waals surface area contributed by atoms with Crippen molar-refractivity contribution in [2.24, 2.45) is 0 Å². The minimum absolute atomic E-state index is 0.193. The summed E-state index contributed by atoms with van der Waals surface area (Å²) in [4.78, 5) is 0. The highest BCUT2D eigenvalue weighted by Gasteiger charge is 2.41. The largest absolute Gasteiger partial charge is 0.301 e. The van der Waals surface area contributed by atoms with E-state index in [-0.39, 0.29) is 17.0 Å². The van der Waals surface area contributed by atoms with Gasteiger partial charge in [-0.1, -0.05) is 12.2 Å². The molecule has 1 aliphatic carbocycles. The summed E-state index contributed by atoms with van der Waals surface area (Å²) in [7, 11) is -2.90. The van der Waals surface area contributed by atoms with Crippen LogP contribution in [0, 0.1) is 4.64 Å². The molecule has 1 saturated carbocycles. The van der Waals surface area contributed by atoms with E-state index in [1.165, 1.54) is 18.5 Å². The van der Waals surface area contributed by atoms with Crippen molar-refractivity contribution >= 4 is 22.1 Å². The maximum absolute atomic E-state index is 11.6. The topological polar surface area (TPSA) is 54.9 Å². The zero-order chi connectivity index (χ0) is 12.3. The standard InChI is InChI=1S/C11H16N2O2S2/c1-11(4-5-17(14,15)7-11)13-10(16)6-9(12-13)8-2-3-8/h6,8,12H,2-5,7H2,1H3. The van der Waals surface area contributed by atoms with E-state index in [1.54, 1.807) is 0 Å². The van der Waals surface area contributed by atoms with E-state index in [4.69, 9.17) is 12.2 Å². The molecule has 2 fully saturated rings. The number of H-pyrrole nitrogens is 1. The third kappa shape index (κ3) is 1.97. The van der Waals surface area contributed by atoms with E-state index >= 15 is 0 Å². The molecule has 0 spiro atoms. The number of aromatic amines is 1. The maximum atomic E-state index is 11.6. The Hall–Kier alpha value is -0.620. The molecule has 1 atom stereocenters. The van der Waals surface area contributed by atoms with Crippen LogP contribution < -0.4 is 0 Å². The zero-order valence-corrected chi connectivity index (χ0v) is 11.4. The fraction of sp³-hybridized carbons (Fsp3) is 0.727. The van der Waals surface area contributed by atoms with Crippen molar-refractivity contribution in [2.75, 3.05) is 11.5 Å². The van der Waals surface area contributed by atoms with Gasteiger partial charge < -0.3 is 5.10 Å². The molecule has 1 saturated heterocycles. The molecule has 0 bridgehead atoms. The fourth-order valence-corrected chi connectivity index (χ4v) is 5.10. The summed E-state index contributed by atoms with van der Waals surface area (Å²) in [5.41, 5.74) is 0.781. The summed E-state index contributed by atoms with van der Waals surface area (Å²) in [6, 6.07) is 1.99. The number of nitrogens with zero attached hydrogens (tertiary/aromatic N) is 1. The fourth-order valence-electron chi connectivity index (χ4n) is 2.59. The lowest BCUT2D eigenvalue weighted by Crippen LogP contribution is -2.32. The molecule has 1 unspecified atom stereocenters. The minimum Gasteiger partial charge on any atom is -0.301 e. The van der Waals surface area contributed by atoms with Crippen LogP contribution in [0.1, 0.15) is 37.8 Å². The molecule has 3 rings (SSSR count). The summed E-state index contributed by atoms with van der Waals surface area (Å²) < 4.78 is 25.9. The first-order valence-corrected chi connectivity index (χ1v) is 8.15. The van der Waals surface area contributed by atoms with E-state index in [0.29, 0.717) is 12.3 Å². The van der Waals surface area contributed by atoms with Crippen LogP contribution in [-0.2, 0) is 15.4 Å². The number of hydrogen-bond donors (Lipinski definition) is 1. The lowest BCUT2D eigenvalue weighted by atomic mass is 10.0. The third-order valence-electron chi connectivity index (χ3n) is 3.78. The van der Waals surface area contributed by atoms with Gasteiger partial charge in [0.25, 0.3) is 0 Å². The Morgan fingerprint density at radius 1 is 1.53 bits per heavy atom. The highest BCUT2D eigenvalue weighted by Crippen LogP contribution is 2.40. The zero-order valence-electron chi connectivity index (χ0n) is 9.77. The first kappa shape index (κ1) is 11.5. The normalized spacial score (nSPS) is 31.8. The SMILES string of the molecule is CC1(n2[nH]c(C3CC3)cc2=S)CCS(=O)(=O)C1. The van der Waals surface area contributed by atoms with E-state index in [1.807, 2.05) is 17.7 Å². The lowest BCUT2D eigenvalue weighted by Gasteiger charge is -2.24. The molecule has 0 amide bonds. The van der Waals surface area contributed by atoms with Gasteiger partial charge in [-0.15, -0.1) is 0 Å². The van der Waals surface area contributed by atoms with Gasteiger partial charge in [-0.3, -0.25) is 4.68 Å². The number of rotatable bonds is 2. The van der Waals surface area contributed by atoms with Crippen LogP contribution in [0.25, 0.3) is 0 Å². The van der Waals surface area contributed by atoms with Gasteiger partial charge in [-0.25, -0.2) is 8.42 Å². The van der Waals surface area contributed by atoms with Gasteiger partial charge in [0.05, 0.1) is 17.0 Å². The quantitative estimate of drug-likeness (QED) is 0.837. The molecule has 2 aliphatic rings. The second-order valence-electron chi connectivity index (χ2n) is 5.50. The summed E-state index contributed by atoms with van der Waals surface area (Å²) in [6.45, 7) is 1.97. The van der Waals surface area contributed by atoms with E-state index in [0.717, 1.165) is 4.64 Å². The molecule has 0 radical (unpaired) electrons. The highest BCUT2D eigenvalue weighted by atomic mass is 32.2. The van der Waals surface area contributed by atoms with Crippen molar-refractivity contribution in [3.63, 3.8) is 0 Å². The van der Waals surface area contributed by atoms with Gasteiger partial charge in [-0.05, 0) is 32.3 Å². The second-order valence-corrected chi connectivity index (χ2v) is 8.10. The monoisotopic (exact) mass is 272 g/mol. The molecule has 4 nitrogen and oxygen atoms in total. The van der Waals surface area contributed by atoms with Crippen LogP contribution >= 0.6 is 12.2 Å². The predicted octanol–water partition coefficient (Wildman–Crippen LogP) is 1.96. The van der Waals surface area contributed by atoms with Gasteiger partial charge in [0.15, 0.2) is 9.84 Å². The minimum atomic E-state index is -2.90. The Balaban J connectivity index is 2.01. The molecule has 1 aromatic rings. The Morgan fingerprint density at radius 3 is 2.76 bits per heavy atom. The molecule has 1 aromatic heterocycles. The van der Waals surface area contributed by atoms with Crippen LogP contribution in [0.3, 0.4) is 0 Å². The summed E-state index contributed by atoms with van der Waals surface area (Å²) >= 11 is 5.34. The highest BCUT2D eigenvalue weighted by molar-refractivity contribution is 7.91. The van der Waals surface area contributed by atoms with Crippen molar-refractivity contribution in [3.05, 3.63) is 16.4 Å². The smallest absolute Gasteiger partial charge is 0.152 e. The molecule has 1 N–H and O–H groups in total. The van der Waals surface area contributed by atoms with Crippen molar-refractivity contribution in [1.82, 2.24) is 9.78 Å². The van der Waals surface area contributed by atoms with Gasteiger partial charge in [0.1, 0.15) is 4.64 Å². The van der Waals surface area contributed by atoms with Gasteiger partial charge in [0, 0.05) is 11.6 Å². The number of sulfone groups is 1. The second kappa shape index (κ2) is 3.45. The molecule has 17 heavy (non-hydrogen) atoms. The van der Waals surface area contributed by atoms with Crippen LogP contribution in [0.5, 0.6) is 0 Å². The first-order chi connectivity index (χ1) is 7.90. The maximum Gasteiger partial charge on any atom is 0.152 e. The number of nitrogens with one attached hydrogen (secondary N) is 1. The molecule has 1 aliphatic heterocycles. The Bertz CT molecular complexity index is 610. The summed E-state index contributed by atoms with van der Waals surface area (Å²) in [5, 5.41) is 3.31. The van der Waals surface area contributed by atoms with Gasteiger partial charge >= 0.3 is 0 Å². The summed E-state index contributed by atoms with van der Waals surface area (Å²) in [5.74, 6) is 1.07. The summed E-state index contributed by atoms with van der Waals surface area (Å²) in [6.07, 6.45) is 3.07. The van der Waals surface area contributed by atoms with E-state index in [2.05, 4.69) is 5.10 Å². The Morgan fingerprint density at radius 2 is 2.24 bits per heavy atom. The lowest BCUT2D eigenvalue weighted by molar-refractivity contribution is 0.323. The van der Waals surface area contributed by atoms with Crippen molar-refractivity contribution in [2.45, 2.75) is 37.6 Å². The molecule has 6 heteroatoms. The van der Waals surface area contributed by atoms with Gasteiger partial charge in [0.2, 0.25) is 0 Å². The van der Waals surface area contributed by atoms with Crippen molar-refractivity contribution in [3.8, 4) is 0 Å². The average molecular weight is 272 g/mol. The van der Waals surface area contributed by atoms with Crippen molar-refractivity contribution < 1.29 is 8.42 Å². The number of aromatic nitrogens is 2. The van der Waals surface area contributed by atoms with E-state index < -0.39 is 9.84 Å². The molecular formula is C11H16N2O2S2. The average Bonchev–Trinajstić information content (AvgIpc) is 2.93. The molecular weight excluding hydrogens is 256 g/mol. The molecule has 94 valence electrons. The third-order valence-corrected chi connectivity index (χ3v) is 5.97. The van der Waals surface area contributed by atoms with Crippen LogP contribution in [0.2, 0.25) is 0 Å². The van der Waals surface area contributed by atoms with Crippen LogP contribution in [0.15, 0.2) is 6.07 Å². The first-order valence-electron chi connectivity index (χ1n) is 5.93. The van der Waals surface area contributed by atoms with Crippen molar-refractivity contribution in [1.29, 1.82) is 0 Å². The predicted molar refractivity (Wildman–Crippen MR) is 68.5 cm³/mol. The Kier molecular flexibility index (Phi) is 2.32. The Labute approximate surface area is 106 Å².